The molecular formula is C20H30BN3O2. The molecule has 0 unspecified atom stereocenters. The zero-order chi connectivity index (χ0) is 19.1. The summed E-state index contributed by atoms with van der Waals surface area (Å²) in [6, 6.07) is 8.94. The molecular weight excluding hydrogens is 325 g/mol. The minimum atomic E-state index is -0.432. The van der Waals surface area contributed by atoms with Gasteiger partial charge in [-0.25, -0.2) is 0 Å². The highest BCUT2D eigenvalue weighted by Crippen LogP contribution is 2.36. The Bertz CT molecular complexity index is 687. The van der Waals surface area contributed by atoms with Crippen LogP contribution in [-0.2, 0) is 9.31 Å². The number of hydrogen-bond acceptors (Lipinski definition) is 5. The standard InChI is InChI=1S/C20H30BN3O2/c1-15(2)23-9-11-24(12-10-23)18-8-7-17(13-16(18)14-22)21-25-19(3,4)20(5,6)26-21/h7-8,13,15H,9-12H2,1-6H3. The predicted octanol–water partition coefficient (Wildman–Crippen LogP) is 2.39. The van der Waals surface area contributed by atoms with E-state index in [1.165, 1.54) is 0 Å². The third kappa shape index (κ3) is 3.49. The third-order valence-corrected chi connectivity index (χ3v) is 6.05. The number of hydrogen-bond donors (Lipinski definition) is 0. The molecule has 0 aromatic heterocycles. The van der Waals surface area contributed by atoms with E-state index in [0.717, 1.165) is 37.3 Å². The monoisotopic (exact) mass is 355 g/mol. The number of benzene rings is 1. The Morgan fingerprint density at radius 1 is 1.04 bits per heavy atom. The van der Waals surface area contributed by atoms with Gasteiger partial charge in [-0.2, -0.15) is 5.26 Å². The van der Waals surface area contributed by atoms with Crippen molar-refractivity contribution in [1.82, 2.24) is 4.90 Å². The fraction of sp³-hybridized carbons (Fsp3) is 0.650. The smallest absolute Gasteiger partial charge is 0.399 e. The van der Waals surface area contributed by atoms with Crippen molar-refractivity contribution in [3.63, 3.8) is 0 Å². The van der Waals surface area contributed by atoms with Crippen molar-refractivity contribution >= 4 is 18.3 Å². The van der Waals surface area contributed by atoms with Crippen LogP contribution >= 0.6 is 0 Å². The van der Waals surface area contributed by atoms with Gasteiger partial charge in [0.2, 0.25) is 0 Å². The summed E-state index contributed by atoms with van der Waals surface area (Å²) < 4.78 is 12.2. The summed E-state index contributed by atoms with van der Waals surface area (Å²) >= 11 is 0. The minimum Gasteiger partial charge on any atom is -0.399 e. The summed E-state index contributed by atoms with van der Waals surface area (Å²) in [5, 5.41) is 9.69. The Hall–Kier alpha value is -1.55. The van der Waals surface area contributed by atoms with E-state index in [1.807, 2.05) is 45.9 Å². The number of piperazine rings is 1. The predicted molar refractivity (Wildman–Crippen MR) is 106 cm³/mol. The lowest BCUT2D eigenvalue weighted by Crippen LogP contribution is -2.49. The van der Waals surface area contributed by atoms with Crippen molar-refractivity contribution in [3.05, 3.63) is 23.8 Å². The number of anilines is 1. The fourth-order valence-corrected chi connectivity index (χ4v) is 3.52. The average Bonchev–Trinajstić information content (AvgIpc) is 2.82. The molecule has 0 saturated carbocycles. The van der Waals surface area contributed by atoms with E-state index in [2.05, 4.69) is 29.7 Å². The van der Waals surface area contributed by atoms with Crippen molar-refractivity contribution in [2.24, 2.45) is 0 Å². The van der Waals surface area contributed by atoms with Gasteiger partial charge in [0.05, 0.1) is 22.5 Å². The summed E-state index contributed by atoms with van der Waals surface area (Å²) in [7, 11) is -0.432. The SMILES string of the molecule is CC(C)N1CCN(c2ccc(B3OC(C)(C)C(C)(C)O3)cc2C#N)CC1. The van der Waals surface area contributed by atoms with E-state index in [0.29, 0.717) is 11.6 Å². The highest BCUT2D eigenvalue weighted by Gasteiger charge is 2.51. The maximum atomic E-state index is 9.69. The van der Waals surface area contributed by atoms with E-state index in [4.69, 9.17) is 9.31 Å². The van der Waals surface area contributed by atoms with Gasteiger partial charge in [-0.3, -0.25) is 4.90 Å². The molecule has 2 saturated heterocycles. The van der Waals surface area contributed by atoms with Gasteiger partial charge in [0.1, 0.15) is 6.07 Å². The van der Waals surface area contributed by atoms with Crippen LogP contribution in [0.5, 0.6) is 0 Å². The first-order valence-electron chi connectivity index (χ1n) is 9.53. The van der Waals surface area contributed by atoms with Crippen molar-refractivity contribution in [2.75, 3.05) is 31.1 Å². The molecule has 0 N–H and O–H groups in total. The molecule has 0 radical (unpaired) electrons. The maximum absolute atomic E-state index is 9.69. The lowest BCUT2D eigenvalue weighted by atomic mass is 9.78. The largest absolute Gasteiger partial charge is 0.494 e. The van der Waals surface area contributed by atoms with Crippen LogP contribution in [0.4, 0.5) is 5.69 Å². The summed E-state index contributed by atoms with van der Waals surface area (Å²) in [5.74, 6) is 0. The van der Waals surface area contributed by atoms with Gasteiger partial charge in [0.15, 0.2) is 0 Å². The molecule has 2 aliphatic rings. The van der Waals surface area contributed by atoms with Crippen LogP contribution in [0.15, 0.2) is 18.2 Å². The van der Waals surface area contributed by atoms with Crippen LogP contribution in [0, 0.1) is 11.3 Å². The van der Waals surface area contributed by atoms with E-state index in [1.54, 1.807) is 0 Å². The second-order valence-corrected chi connectivity index (χ2v) is 8.59. The van der Waals surface area contributed by atoms with Crippen LogP contribution in [0.2, 0.25) is 0 Å². The van der Waals surface area contributed by atoms with Gasteiger partial charge < -0.3 is 14.2 Å². The van der Waals surface area contributed by atoms with E-state index < -0.39 is 7.12 Å². The van der Waals surface area contributed by atoms with Gasteiger partial charge >= 0.3 is 7.12 Å². The quantitative estimate of drug-likeness (QED) is 0.780. The van der Waals surface area contributed by atoms with Crippen LogP contribution in [0.1, 0.15) is 47.1 Å². The molecule has 26 heavy (non-hydrogen) atoms. The molecule has 1 aromatic rings. The van der Waals surface area contributed by atoms with E-state index in [9.17, 15) is 5.26 Å². The first-order valence-corrected chi connectivity index (χ1v) is 9.53. The third-order valence-electron chi connectivity index (χ3n) is 6.05. The van der Waals surface area contributed by atoms with Crippen molar-refractivity contribution in [3.8, 4) is 6.07 Å². The van der Waals surface area contributed by atoms with Gasteiger partial charge in [0.25, 0.3) is 0 Å². The minimum absolute atomic E-state index is 0.379. The number of rotatable bonds is 3. The molecule has 2 aliphatic heterocycles. The van der Waals surface area contributed by atoms with Crippen molar-refractivity contribution in [1.29, 1.82) is 5.26 Å². The molecule has 0 spiro atoms. The average molecular weight is 355 g/mol. The first-order chi connectivity index (χ1) is 12.1. The molecule has 1 aromatic carbocycles. The second-order valence-electron chi connectivity index (χ2n) is 8.59. The van der Waals surface area contributed by atoms with Crippen LogP contribution in [0.25, 0.3) is 0 Å². The molecule has 2 heterocycles. The van der Waals surface area contributed by atoms with Crippen molar-refractivity contribution < 1.29 is 9.31 Å². The van der Waals surface area contributed by atoms with Gasteiger partial charge in [0, 0.05) is 32.2 Å². The molecule has 0 bridgehead atoms. The number of nitrogens with zero attached hydrogens (tertiary/aromatic N) is 3. The Morgan fingerprint density at radius 3 is 2.12 bits per heavy atom. The molecule has 0 atom stereocenters. The second kappa shape index (κ2) is 6.88. The first kappa shape index (κ1) is 19.2. The van der Waals surface area contributed by atoms with Crippen LogP contribution in [0.3, 0.4) is 0 Å². The molecule has 0 amide bonds. The highest BCUT2D eigenvalue weighted by molar-refractivity contribution is 6.62. The molecule has 5 nitrogen and oxygen atoms in total. The lowest BCUT2D eigenvalue weighted by molar-refractivity contribution is 0.00578. The Balaban J connectivity index is 1.79. The summed E-state index contributed by atoms with van der Waals surface area (Å²) in [5.41, 5.74) is 1.85. The molecule has 2 fully saturated rings. The topological polar surface area (TPSA) is 48.7 Å². The van der Waals surface area contributed by atoms with Crippen LogP contribution < -0.4 is 10.4 Å². The Morgan fingerprint density at radius 2 is 1.62 bits per heavy atom. The summed E-state index contributed by atoms with van der Waals surface area (Å²) in [6.45, 7) is 16.6. The molecule has 0 aliphatic carbocycles. The van der Waals surface area contributed by atoms with Gasteiger partial charge in [-0.1, -0.05) is 6.07 Å². The Labute approximate surface area is 158 Å². The highest BCUT2D eigenvalue weighted by atomic mass is 16.7. The van der Waals surface area contributed by atoms with E-state index >= 15 is 0 Å². The lowest BCUT2D eigenvalue weighted by Gasteiger charge is -2.38. The van der Waals surface area contributed by atoms with Crippen LogP contribution in [-0.4, -0.2) is 55.4 Å². The van der Waals surface area contributed by atoms with Gasteiger partial charge in [-0.05, 0) is 59.1 Å². The Kier molecular flexibility index (Phi) is 5.09. The van der Waals surface area contributed by atoms with E-state index in [-0.39, 0.29) is 11.2 Å². The molecule has 6 heteroatoms. The fourth-order valence-electron chi connectivity index (χ4n) is 3.52. The summed E-state index contributed by atoms with van der Waals surface area (Å²) in [6.07, 6.45) is 0. The maximum Gasteiger partial charge on any atom is 0.494 e. The van der Waals surface area contributed by atoms with Crippen molar-refractivity contribution in [2.45, 2.75) is 58.8 Å². The molecule has 140 valence electrons. The molecule has 3 rings (SSSR count). The normalized spacial score (nSPS) is 22.7. The zero-order valence-electron chi connectivity index (χ0n) is 16.9. The number of nitriles is 1. The summed E-state index contributed by atoms with van der Waals surface area (Å²) in [4.78, 5) is 4.78. The van der Waals surface area contributed by atoms with Gasteiger partial charge in [-0.15, -0.1) is 0 Å². The zero-order valence-corrected chi connectivity index (χ0v) is 16.9.